The Morgan fingerprint density at radius 1 is 1.14 bits per heavy atom. The molecule has 1 atom stereocenters. The number of hydrogen-bond donors (Lipinski definition) is 1. The summed E-state index contributed by atoms with van der Waals surface area (Å²) in [5.74, 6) is 0.588. The molecule has 0 aliphatic heterocycles. The summed E-state index contributed by atoms with van der Waals surface area (Å²) in [6.45, 7) is 0. The topological polar surface area (TPSA) is 78.0 Å². The van der Waals surface area contributed by atoms with E-state index in [9.17, 15) is 9.69 Å². The highest BCUT2D eigenvalue weighted by Gasteiger charge is 2.12. The molecule has 1 N–H and O–H groups in total. The molecule has 0 aliphatic carbocycles. The number of fused-ring (bicyclic) bond motifs is 1. The van der Waals surface area contributed by atoms with Gasteiger partial charge in [-0.05, 0) is 45.4 Å². The van der Waals surface area contributed by atoms with Gasteiger partial charge in [-0.3, -0.25) is 4.79 Å². The summed E-state index contributed by atoms with van der Waals surface area (Å²) in [7, 11) is -0.980. The second-order valence-electron chi connectivity index (χ2n) is 4.40. The van der Waals surface area contributed by atoms with Crippen LogP contribution in [0, 0.1) is 0 Å². The summed E-state index contributed by atoms with van der Waals surface area (Å²) in [5.41, 5.74) is 0.599. The van der Waals surface area contributed by atoms with E-state index in [0.717, 1.165) is 0 Å². The van der Waals surface area contributed by atoms with E-state index in [1.54, 1.807) is 36.4 Å². The lowest BCUT2D eigenvalue weighted by atomic mass is 10.1. The molecule has 0 spiro atoms. The number of rotatable bonds is 3. The molecule has 112 valence electrons. The van der Waals surface area contributed by atoms with Crippen LogP contribution in [-0.2, 0) is 0 Å². The molecule has 0 fully saturated rings. The van der Waals surface area contributed by atoms with E-state index in [1.165, 1.54) is 0 Å². The molecule has 0 aliphatic rings. The molecule has 2 aromatic carbocycles. The number of hydrogen-bond acceptors (Lipinski definition) is 4. The van der Waals surface area contributed by atoms with E-state index in [1.807, 2.05) is 0 Å². The van der Waals surface area contributed by atoms with E-state index in [4.69, 9.17) is 27.7 Å². The standard InChI is InChI=1S/C14H8Cl2N2O3P/c15-7-1-3-11-9(5-7)14(19)18-13(17-11)10-6-8(16)2-4-12(10)21-22-20/h1-6,22H,(H,17,18,19)/q-1. The molecular formula is C14H8Cl2N2O3P-. The van der Waals surface area contributed by atoms with Gasteiger partial charge >= 0.3 is 0 Å². The molecular weight excluding hydrogens is 346 g/mol. The van der Waals surface area contributed by atoms with E-state index >= 15 is 0 Å². The number of nitrogens with zero attached hydrogens (tertiary/aromatic N) is 1. The minimum absolute atomic E-state index is 0.274. The van der Waals surface area contributed by atoms with Crippen LogP contribution < -0.4 is 15.0 Å². The van der Waals surface area contributed by atoms with E-state index in [2.05, 4.69) is 9.97 Å². The first kappa shape index (κ1) is 15.3. The molecule has 8 heteroatoms. The highest BCUT2D eigenvalue weighted by Crippen LogP contribution is 2.32. The van der Waals surface area contributed by atoms with Crippen LogP contribution >= 0.6 is 32.2 Å². The third-order valence-corrected chi connectivity index (χ3v) is 3.79. The Hall–Kier alpha value is -1.65. The summed E-state index contributed by atoms with van der Waals surface area (Å²) in [6.07, 6.45) is 0. The van der Waals surface area contributed by atoms with Gasteiger partial charge in [0.05, 0.1) is 16.5 Å². The Morgan fingerprint density at radius 3 is 2.64 bits per heavy atom. The van der Waals surface area contributed by atoms with Gasteiger partial charge in [0.15, 0.2) is 0 Å². The zero-order valence-electron chi connectivity index (χ0n) is 10.9. The number of H-pyrrole nitrogens is 1. The normalized spacial score (nSPS) is 11.4. The minimum Gasteiger partial charge on any atom is -0.801 e. The number of nitrogens with one attached hydrogen (secondary N) is 1. The highest BCUT2D eigenvalue weighted by molar-refractivity contribution is 7.23. The van der Waals surface area contributed by atoms with Crippen molar-refractivity contribution in [3.63, 3.8) is 0 Å². The maximum absolute atomic E-state index is 12.2. The van der Waals surface area contributed by atoms with Crippen LogP contribution in [0.4, 0.5) is 0 Å². The van der Waals surface area contributed by atoms with Gasteiger partial charge in [0.1, 0.15) is 11.6 Å². The first-order valence-corrected chi connectivity index (χ1v) is 7.69. The fraction of sp³-hybridized carbons (Fsp3) is 0. The van der Waals surface area contributed by atoms with Crippen molar-refractivity contribution < 1.29 is 9.42 Å². The van der Waals surface area contributed by atoms with Crippen LogP contribution in [0.5, 0.6) is 5.75 Å². The second-order valence-corrected chi connectivity index (χ2v) is 5.65. The lowest BCUT2D eigenvalue weighted by Gasteiger charge is -2.13. The zero-order chi connectivity index (χ0) is 15.7. The molecule has 1 heterocycles. The van der Waals surface area contributed by atoms with Gasteiger partial charge in [0, 0.05) is 10.0 Å². The molecule has 3 aromatic rings. The van der Waals surface area contributed by atoms with Gasteiger partial charge in [0.2, 0.25) is 0 Å². The summed E-state index contributed by atoms with van der Waals surface area (Å²) in [4.78, 5) is 30.0. The van der Waals surface area contributed by atoms with Crippen molar-refractivity contribution in [3.8, 4) is 17.1 Å². The predicted octanol–water partition coefficient (Wildman–Crippen LogP) is 3.14. The lowest BCUT2D eigenvalue weighted by Crippen LogP contribution is -2.10. The Balaban J connectivity index is 2.25. The zero-order valence-corrected chi connectivity index (χ0v) is 13.4. The molecule has 0 saturated carbocycles. The molecule has 1 unspecified atom stereocenters. The van der Waals surface area contributed by atoms with E-state index < -0.39 is 9.03 Å². The fourth-order valence-electron chi connectivity index (χ4n) is 2.06. The maximum atomic E-state index is 12.2. The van der Waals surface area contributed by atoms with Crippen molar-refractivity contribution in [2.24, 2.45) is 0 Å². The maximum Gasteiger partial charge on any atom is 0.259 e. The molecule has 3 rings (SSSR count). The Morgan fingerprint density at radius 2 is 1.86 bits per heavy atom. The summed E-state index contributed by atoms with van der Waals surface area (Å²) in [5, 5.41) is 1.27. The number of halogens is 2. The predicted molar refractivity (Wildman–Crippen MR) is 86.8 cm³/mol. The SMILES string of the molecule is O=c1[nH]c(-c2cc(Cl)ccc2OP[O-])nc2ccc(Cl)cc12. The third-order valence-electron chi connectivity index (χ3n) is 3.02. The van der Waals surface area contributed by atoms with Gasteiger partial charge < -0.3 is 14.4 Å². The third kappa shape index (κ3) is 2.94. The lowest BCUT2D eigenvalue weighted by molar-refractivity contribution is -0.162. The average molecular weight is 354 g/mol. The van der Waals surface area contributed by atoms with Crippen LogP contribution in [0.15, 0.2) is 41.2 Å². The number of aromatic amines is 1. The van der Waals surface area contributed by atoms with Crippen molar-refractivity contribution in [1.29, 1.82) is 0 Å². The molecule has 22 heavy (non-hydrogen) atoms. The van der Waals surface area contributed by atoms with Crippen LogP contribution in [0.1, 0.15) is 0 Å². The van der Waals surface area contributed by atoms with Crippen molar-refractivity contribution >= 4 is 43.1 Å². The largest absolute Gasteiger partial charge is 0.801 e. The summed E-state index contributed by atoms with van der Waals surface area (Å²) >= 11 is 11.9. The summed E-state index contributed by atoms with van der Waals surface area (Å²) in [6, 6.07) is 9.58. The van der Waals surface area contributed by atoms with Gasteiger partial charge in [-0.1, -0.05) is 23.2 Å². The Labute approximate surface area is 136 Å². The molecule has 0 radical (unpaired) electrons. The van der Waals surface area contributed by atoms with Crippen LogP contribution in [0.3, 0.4) is 0 Å². The molecule has 0 bridgehead atoms. The second kappa shape index (κ2) is 6.23. The first-order valence-electron chi connectivity index (χ1n) is 6.12. The number of benzene rings is 2. The molecule has 1 aromatic heterocycles. The van der Waals surface area contributed by atoms with Gasteiger partial charge in [0.25, 0.3) is 5.56 Å². The van der Waals surface area contributed by atoms with E-state index in [-0.39, 0.29) is 11.4 Å². The van der Waals surface area contributed by atoms with Crippen LogP contribution in [-0.4, -0.2) is 9.97 Å². The average Bonchev–Trinajstić information content (AvgIpc) is 2.50. The van der Waals surface area contributed by atoms with Gasteiger partial charge in [-0.2, -0.15) is 0 Å². The highest BCUT2D eigenvalue weighted by atomic mass is 35.5. The van der Waals surface area contributed by atoms with Gasteiger partial charge in [-0.15, -0.1) is 0 Å². The Kier molecular flexibility index (Phi) is 4.32. The van der Waals surface area contributed by atoms with E-state index in [0.29, 0.717) is 32.3 Å². The smallest absolute Gasteiger partial charge is 0.259 e. The van der Waals surface area contributed by atoms with Crippen molar-refractivity contribution in [2.75, 3.05) is 0 Å². The van der Waals surface area contributed by atoms with Crippen LogP contribution in [0.25, 0.3) is 22.3 Å². The molecule has 0 amide bonds. The summed E-state index contributed by atoms with van der Waals surface area (Å²) < 4.78 is 5.05. The first-order chi connectivity index (χ1) is 10.6. The fourth-order valence-corrected chi connectivity index (χ4v) is 2.67. The quantitative estimate of drug-likeness (QED) is 0.733. The monoisotopic (exact) mass is 353 g/mol. The van der Waals surface area contributed by atoms with Crippen LogP contribution in [0.2, 0.25) is 10.0 Å². The number of aromatic nitrogens is 2. The Bertz CT molecular complexity index is 914. The van der Waals surface area contributed by atoms with Crippen molar-refractivity contribution in [1.82, 2.24) is 9.97 Å². The molecule has 0 saturated heterocycles. The van der Waals surface area contributed by atoms with Crippen molar-refractivity contribution in [3.05, 3.63) is 56.8 Å². The van der Waals surface area contributed by atoms with Gasteiger partial charge in [-0.25, -0.2) is 4.98 Å². The molecule has 5 nitrogen and oxygen atoms in total. The van der Waals surface area contributed by atoms with Crippen molar-refractivity contribution in [2.45, 2.75) is 0 Å². The minimum atomic E-state index is -0.980.